The molecule has 0 aliphatic heterocycles. The van der Waals surface area contributed by atoms with Gasteiger partial charge in [0.1, 0.15) is 13.2 Å². The van der Waals surface area contributed by atoms with Crippen LogP contribution in [0.2, 0.25) is 0 Å². The molecule has 0 heterocycles. The number of unbranched alkanes of at least 4 members (excludes halogenated alkanes) is 1. The summed E-state index contributed by atoms with van der Waals surface area (Å²) in [5.74, 6) is -1.98. The number of carbonyl (C=O) groups is 3. The lowest BCUT2D eigenvalue weighted by molar-refractivity contribution is 0.0423. The molecule has 0 unspecified atom stereocenters. The Morgan fingerprint density at radius 2 is 1.18 bits per heavy atom. The lowest BCUT2D eigenvalue weighted by atomic mass is 10.0. The Morgan fingerprint density at radius 1 is 0.636 bits per heavy atom. The zero-order valence-electron chi connectivity index (χ0n) is 18.5. The van der Waals surface area contributed by atoms with Gasteiger partial charge >= 0.3 is 17.9 Å². The standard InChI is InChI=1S/C27H26O6/c1-2-3-16-31-25(28)22-14-15-23(26(29)32-18-20-10-6-4-7-11-20)24(17-22)27(30)33-19-21-12-8-5-9-13-21/h4-15,17H,2-3,16,18-19H2,1H3. The second-order valence-electron chi connectivity index (χ2n) is 7.37. The van der Waals surface area contributed by atoms with Gasteiger partial charge in [0.25, 0.3) is 0 Å². The fourth-order valence-electron chi connectivity index (χ4n) is 3.01. The first kappa shape index (κ1) is 23.7. The normalized spacial score (nSPS) is 10.3. The van der Waals surface area contributed by atoms with Crippen molar-refractivity contribution in [1.29, 1.82) is 0 Å². The molecule has 3 aromatic carbocycles. The first-order valence-corrected chi connectivity index (χ1v) is 10.8. The first-order chi connectivity index (χ1) is 16.1. The number of ether oxygens (including phenoxy) is 3. The van der Waals surface area contributed by atoms with Crippen LogP contribution in [0.1, 0.15) is 62.0 Å². The molecule has 0 spiro atoms. The summed E-state index contributed by atoms with van der Waals surface area (Å²) in [7, 11) is 0. The molecular weight excluding hydrogens is 420 g/mol. The quantitative estimate of drug-likeness (QED) is 0.237. The molecule has 0 N–H and O–H groups in total. The molecule has 170 valence electrons. The van der Waals surface area contributed by atoms with Gasteiger partial charge in [-0.3, -0.25) is 0 Å². The van der Waals surface area contributed by atoms with Crippen molar-refractivity contribution in [2.45, 2.75) is 33.0 Å². The zero-order chi connectivity index (χ0) is 23.5. The SMILES string of the molecule is CCCCOC(=O)c1ccc(C(=O)OCc2ccccc2)c(C(=O)OCc2ccccc2)c1. The van der Waals surface area contributed by atoms with E-state index in [4.69, 9.17) is 14.2 Å². The Balaban J connectivity index is 1.79. The predicted octanol–water partition coefficient (Wildman–Crippen LogP) is 5.36. The highest BCUT2D eigenvalue weighted by Crippen LogP contribution is 2.18. The highest BCUT2D eigenvalue weighted by Gasteiger charge is 2.22. The lowest BCUT2D eigenvalue weighted by Crippen LogP contribution is -2.16. The number of rotatable bonds is 10. The van der Waals surface area contributed by atoms with Crippen molar-refractivity contribution in [3.05, 3.63) is 107 Å². The van der Waals surface area contributed by atoms with Crippen molar-refractivity contribution in [3.8, 4) is 0 Å². The molecule has 3 rings (SSSR count). The Kier molecular flexibility index (Phi) is 8.77. The van der Waals surface area contributed by atoms with Crippen molar-refractivity contribution in [1.82, 2.24) is 0 Å². The Bertz CT molecular complexity index is 1080. The van der Waals surface area contributed by atoms with Gasteiger partial charge in [-0.15, -0.1) is 0 Å². The van der Waals surface area contributed by atoms with Crippen LogP contribution in [0.15, 0.2) is 78.9 Å². The van der Waals surface area contributed by atoms with E-state index in [1.54, 1.807) is 0 Å². The van der Waals surface area contributed by atoms with Gasteiger partial charge in [0.2, 0.25) is 0 Å². The van der Waals surface area contributed by atoms with Crippen molar-refractivity contribution >= 4 is 17.9 Å². The molecule has 0 amide bonds. The van der Waals surface area contributed by atoms with Crippen molar-refractivity contribution in [3.63, 3.8) is 0 Å². The number of hydrogen-bond donors (Lipinski definition) is 0. The van der Waals surface area contributed by atoms with Gasteiger partial charge in [0.15, 0.2) is 0 Å². The van der Waals surface area contributed by atoms with Gasteiger partial charge in [-0.1, -0.05) is 74.0 Å². The zero-order valence-corrected chi connectivity index (χ0v) is 18.5. The van der Waals surface area contributed by atoms with Crippen LogP contribution in [0.4, 0.5) is 0 Å². The molecule has 0 atom stereocenters. The van der Waals surface area contributed by atoms with Crippen LogP contribution in [0, 0.1) is 0 Å². The number of carbonyl (C=O) groups excluding carboxylic acids is 3. The molecule has 0 fully saturated rings. The number of hydrogen-bond acceptors (Lipinski definition) is 6. The largest absolute Gasteiger partial charge is 0.462 e. The average Bonchev–Trinajstić information content (AvgIpc) is 2.86. The number of esters is 3. The molecule has 0 bridgehead atoms. The monoisotopic (exact) mass is 446 g/mol. The molecule has 0 radical (unpaired) electrons. The maximum atomic E-state index is 12.9. The summed E-state index contributed by atoms with van der Waals surface area (Å²) in [4.78, 5) is 38.0. The van der Waals surface area contributed by atoms with Crippen LogP contribution >= 0.6 is 0 Å². The molecule has 3 aromatic rings. The maximum absolute atomic E-state index is 12.9. The maximum Gasteiger partial charge on any atom is 0.339 e. The molecule has 0 aliphatic carbocycles. The summed E-state index contributed by atoms with van der Waals surface area (Å²) in [5.41, 5.74) is 1.75. The van der Waals surface area contributed by atoms with E-state index in [0.717, 1.165) is 24.0 Å². The molecule has 0 saturated carbocycles. The van der Waals surface area contributed by atoms with E-state index < -0.39 is 17.9 Å². The van der Waals surface area contributed by atoms with Gasteiger partial charge in [-0.05, 0) is 35.7 Å². The highest BCUT2D eigenvalue weighted by atomic mass is 16.5. The predicted molar refractivity (Wildman–Crippen MR) is 123 cm³/mol. The van der Waals surface area contributed by atoms with Gasteiger partial charge in [0.05, 0.1) is 23.3 Å². The first-order valence-electron chi connectivity index (χ1n) is 10.8. The Morgan fingerprint density at radius 3 is 1.73 bits per heavy atom. The van der Waals surface area contributed by atoms with E-state index in [-0.39, 0.29) is 36.5 Å². The smallest absolute Gasteiger partial charge is 0.339 e. The molecule has 33 heavy (non-hydrogen) atoms. The fourth-order valence-corrected chi connectivity index (χ4v) is 3.01. The van der Waals surface area contributed by atoms with E-state index in [0.29, 0.717) is 0 Å². The number of benzene rings is 3. The molecule has 6 heteroatoms. The van der Waals surface area contributed by atoms with E-state index in [9.17, 15) is 14.4 Å². The van der Waals surface area contributed by atoms with Gasteiger partial charge in [-0.25, -0.2) is 14.4 Å². The van der Waals surface area contributed by atoms with Crippen molar-refractivity contribution in [2.24, 2.45) is 0 Å². The van der Waals surface area contributed by atoms with Crippen LogP contribution < -0.4 is 0 Å². The van der Waals surface area contributed by atoms with Gasteiger partial charge in [-0.2, -0.15) is 0 Å². The second kappa shape index (κ2) is 12.2. The lowest BCUT2D eigenvalue weighted by Gasteiger charge is -2.12. The van der Waals surface area contributed by atoms with E-state index in [1.165, 1.54) is 18.2 Å². The second-order valence-corrected chi connectivity index (χ2v) is 7.37. The molecule has 6 nitrogen and oxygen atoms in total. The van der Waals surface area contributed by atoms with Crippen molar-refractivity contribution in [2.75, 3.05) is 6.61 Å². The van der Waals surface area contributed by atoms with E-state index >= 15 is 0 Å². The third kappa shape index (κ3) is 7.04. The third-order valence-corrected chi connectivity index (χ3v) is 4.85. The summed E-state index contributed by atoms with van der Waals surface area (Å²) >= 11 is 0. The average molecular weight is 446 g/mol. The van der Waals surface area contributed by atoms with Crippen LogP contribution in [0.25, 0.3) is 0 Å². The topological polar surface area (TPSA) is 78.9 Å². The minimum Gasteiger partial charge on any atom is -0.462 e. The fraction of sp³-hybridized carbons (Fsp3) is 0.222. The van der Waals surface area contributed by atoms with Crippen LogP contribution in [-0.4, -0.2) is 24.5 Å². The molecular formula is C27H26O6. The van der Waals surface area contributed by atoms with Crippen LogP contribution in [-0.2, 0) is 27.4 Å². The molecule has 0 aromatic heterocycles. The Hall–Kier alpha value is -3.93. The molecule has 0 saturated heterocycles. The highest BCUT2D eigenvalue weighted by molar-refractivity contribution is 6.05. The van der Waals surface area contributed by atoms with Gasteiger partial charge in [0, 0.05) is 0 Å². The van der Waals surface area contributed by atoms with E-state index in [2.05, 4.69) is 0 Å². The summed E-state index contributed by atoms with van der Waals surface area (Å²) in [6, 6.07) is 22.5. The van der Waals surface area contributed by atoms with Crippen LogP contribution in [0.5, 0.6) is 0 Å². The third-order valence-electron chi connectivity index (χ3n) is 4.85. The summed E-state index contributed by atoms with van der Waals surface area (Å²) in [5, 5.41) is 0. The van der Waals surface area contributed by atoms with Crippen LogP contribution in [0.3, 0.4) is 0 Å². The summed E-state index contributed by atoms with van der Waals surface area (Å²) < 4.78 is 16.0. The molecule has 0 aliphatic rings. The summed E-state index contributed by atoms with van der Waals surface area (Å²) in [6.45, 7) is 2.36. The minimum atomic E-state index is -0.728. The summed E-state index contributed by atoms with van der Waals surface area (Å²) in [6.07, 6.45) is 1.62. The van der Waals surface area contributed by atoms with Crippen molar-refractivity contribution < 1.29 is 28.6 Å². The van der Waals surface area contributed by atoms with Gasteiger partial charge < -0.3 is 14.2 Å². The Labute approximate surface area is 193 Å². The van der Waals surface area contributed by atoms with E-state index in [1.807, 2.05) is 67.6 Å². The minimum absolute atomic E-state index is 0.0223.